The predicted octanol–water partition coefficient (Wildman–Crippen LogP) is 4.63. The second-order valence-electron chi connectivity index (χ2n) is 8.67. The monoisotopic (exact) mass is 450 g/mol. The van der Waals surface area contributed by atoms with Crippen molar-refractivity contribution in [3.63, 3.8) is 0 Å². The SMILES string of the molecule is COc1cc(OC)c(C2=CCN(C(=O)c3ccc(CN4CCCCC4)cc3)CC2)c(OC)c1. The molecule has 33 heavy (non-hydrogen) atoms. The van der Waals surface area contributed by atoms with Gasteiger partial charge in [-0.05, 0) is 55.6 Å². The molecule has 1 fully saturated rings. The molecule has 2 aromatic carbocycles. The molecule has 2 heterocycles. The number of likely N-dealkylation sites (tertiary alicyclic amines) is 1. The highest BCUT2D eigenvalue weighted by Crippen LogP contribution is 2.41. The van der Waals surface area contributed by atoms with Crippen LogP contribution in [0.5, 0.6) is 17.2 Å². The molecule has 4 rings (SSSR count). The van der Waals surface area contributed by atoms with Crippen molar-refractivity contribution in [2.45, 2.75) is 32.2 Å². The topological polar surface area (TPSA) is 51.2 Å². The Labute approximate surface area is 196 Å². The van der Waals surface area contributed by atoms with Gasteiger partial charge in [-0.3, -0.25) is 9.69 Å². The van der Waals surface area contributed by atoms with E-state index in [-0.39, 0.29) is 5.91 Å². The molecule has 2 aliphatic heterocycles. The number of amides is 1. The van der Waals surface area contributed by atoms with E-state index in [1.54, 1.807) is 21.3 Å². The fraction of sp³-hybridized carbons (Fsp3) is 0.444. The highest BCUT2D eigenvalue weighted by atomic mass is 16.5. The Bertz CT molecular complexity index is 969. The Hall–Kier alpha value is -2.99. The van der Waals surface area contributed by atoms with Gasteiger partial charge >= 0.3 is 0 Å². The van der Waals surface area contributed by atoms with Gasteiger partial charge in [0.2, 0.25) is 0 Å². The molecule has 0 aliphatic carbocycles. The van der Waals surface area contributed by atoms with Crippen molar-refractivity contribution in [2.24, 2.45) is 0 Å². The maximum Gasteiger partial charge on any atom is 0.254 e. The number of benzene rings is 2. The molecule has 176 valence electrons. The number of ether oxygens (including phenoxy) is 3. The van der Waals surface area contributed by atoms with Gasteiger partial charge in [-0.15, -0.1) is 0 Å². The minimum absolute atomic E-state index is 0.0727. The maximum atomic E-state index is 13.1. The molecule has 2 aromatic rings. The summed E-state index contributed by atoms with van der Waals surface area (Å²) in [5.41, 5.74) is 4.06. The third kappa shape index (κ3) is 5.33. The number of carbonyl (C=O) groups is 1. The highest BCUT2D eigenvalue weighted by molar-refractivity contribution is 5.95. The van der Waals surface area contributed by atoms with Crippen LogP contribution in [0.4, 0.5) is 0 Å². The normalized spacial score (nSPS) is 16.8. The average molecular weight is 451 g/mol. The standard InChI is InChI=1S/C27H34N2O4/c1-31-23-17-24(32-2)26(25(18-23)33-3)21-11-15-29(16-12-21)27(30)22-9-7-20(8-10-22)19-28-13-5-4-6-14-28/h7-11,17-18H,4-6,12-16,19H2,1-3H3. The Morgan fingerprint density at radius 1 is 0.879 bits per heavy atom. The molecular weight excluding hydrogens is 416 g/mol. The van der Waals surface area contributed by atoms with E-state index in [0.29, 0.717) is 30.3 Å². The van der Waals surface area contributed by atoms with Gasteiger partial charge in [-0.1, -0.05) is 24.6 Å². The van der Waals surface area contributed by atoms with Gasteiger partial charge in [0, 0.05) is 37.3 Å². The van der Waals surface area contributed by atoms with Crippen molar-refractivity contribution >= 4 is 11.5 Å². The zero-order valence-electron chi connectivity index (χ0n) is 19.9. The van der Waals surface area contributed by atoms with Gasteiger partial charge in [0.25, 0.3) is 5.91 Å². The summed E-state index contributed by atoms with van der Waals surface area (Å²) in [4.78, 5) is 17.5. The molecule has 6 heteroatoms. The number of hydrogen-bond acceptors (Lipinski definition) is 5. The largest absolute Gasteiger partial charge is 0.496 e. The second kappa shape index (κ2) is 10.8. The molecule has 6 nitrogen and oxygen atoms in total. The van der Waals surface area contributed by atoms with Gasteiger partial charge < -0.3 is 19.1 Å². The Balaban J connectivity index is 1.44. The minimum atomic E-state index is 0.0727. The molecule has 0 radical (unpaired) electrons. The van der Waals surface area contributed by atoms with Crippen LogP contribution in [-0.4, -0.2) is 63.2 Å². The number of hydrogen-bond donors (Lipinski definition) is 0. The molecule has 0 spiro atoms. The molecule has 0 N–H and O–H groups in total. The second-order valence-corrected chi connectivity index (χ2v) is 8.67. The number of rotatable bonds is 7. The zero-order chi connectivity index (χ0) is 23.2. The van der Waals surface area contributed by atoms with Gasteiger partial charge in [-0.25, -0.2) is 0 Å². The number of piperidine rings is 1. The number of carbonyl (C=O) groups excluding carboxylic acids is 1. The lowest BCUT2D eigenvalue weighted by molar-refractivity contribution is 0.0773. The fourth-order valence-electron chi connectivity index (χ4n) is 4.71. The van der Waals surface area contributed by atoms with Crippen LogP contribution < -0.4 is 14.2 Å². The van der Waals surface area contributed by atoms with Crippen LogP contribution >= 0.6 is 0 Å². The first-order valence-electron chi connectivity index (χ1n) is 11.7. The van der Waals surface area contributed by atoms with E-state index >= 15 is 0 Å². The molecule has 0 atom stereocenters. The van der Waals surface area contributed by atoms with Crippen molar-refractivity contribution in [3.05, 3.63) is 59.2 Å². The lowest BCUT2D eigenvalue weighted by Gasteiger charge is -2.28. The summed E-state index contributed by atoms with van der Waals surface area (Å²) in [5.74, 6) is 2.18. The summed E-state index contributed by atoms with van der Waals surface area (Å²) >= 11 is 0. The lowest BCUT2D eigenvalue weighted by Crippen LogP contribution is -2.34. The zero-order valence-corrected chi connectivity index (χ0v) is 19.9. The summed E-state index contributed by atoms with van der Waals surface area (Å²) in [6.07, 6.45) is 6.75. The third-order valence-corrected chi connectivity index (χ3v) is 6.59. The van der Waals surface area contributed by atoms with Gasteiger partial charge in [0.15, 0.2) is 0 Å². The van der Waals surface area contributed by atoms with Crippen LogP contribution in [0.15, 0.2) is 42.5 Å². The van der Waals surface area contributed by atoms with Crippen molar-refractivity contribution < 1.29 is 19.0 Å². The molecule has 0 aromatic heterocycles. The van der Waals surface area contributed by atoms with E-state index in [0.717, 1.165) is 29.7 Å². The van der Waals surface area contributed by atoms with Crippen LogP contribution in [0.25, 0.3) is 5.57 Å². The van der Waals surface area contributed by atoms with Crippen molar-refractivity contribution in [1.29, 1.82) is 0 Å². The number of nitrogens with zero attached hydrogens (tertiary/aromatic N) is 2. The first-order valence-corrected chi connectivity index (χ1v) is 11.7. The van der Waals surface area contributed by atoms with Gasteiger partial charge in [0.05, 0.1) is 26.9 Å². The van der Waals surface area contributed by atoms with E-state index in [1.165, 1.54) is 37.9 Å². The van der Waals surface area contributed by atoms with Crippen LogP contribution in [0, 0.1) is 0 Å². The van der Waals surface area contributed by atoms with E-state index in [9.17, 15) is 4.79 Å². The van der Waals surface area contributed by atoms with Crippen LogP contribution in [0.3, 0.4) is 0 Å². The van der Waals surface area contributed by atoms with Crippen LogP contribution in [0.1, 0.15) is 47.2 Å². The Morgan fingerprint density at radius 3 is 2.09 bits per heavy atom. The number of methoxy groups -OCH3 is 3. The molecule has 0 unspecified atom stereocenters. The smallest absolute Gasteiger partial charge is 0.254 e. The summed E-state index contributed by atoms with van der Waals surface area (Å²) in [5, 5.41) is 0. The molecule has 1 amide bonds. The van der Waals surface area contributed by atoms with Crippen molar-refractivity contribution in [3.8, 4) is 17.2 Å². The van der Waals surface area contributed by atoms with E-state index in [1.807, 2.05) is 29.2 Å². The summed E-state index contributed by atoms with van der Waals surface area (Å²) < 4.78 is 16.6. The average Bonchev–Trinajstić information content (AvgIpc) is 2.88. The van der Waals surface area contributed by atoms with Gasteiger partial charge in [0.1, 0.15) is 17.2 Å². The Morgan fingerprint density at radius 2 is 1.55 bits per heavy atom. The predicted molar refractivity (Wildman–Crippen MR) is 130 cm³/mol. The fourth-order valence-corrected chi connectivity index (χ4v) is 4.71. The lowest BCUT2D eigenvalue weighted by atomic mass is 9.96. The van der Waals surface area contributed by atoms with E-state index in [2.05, 4.69) is 23.1 Å². The highest BCUT2D eigenvalue weighted by Gasteiger charge is 2.24. The third-order valence-electron chi connectivity index (χ3n) is 6.59. The molecule has 0 bridgehead atoms. The van der Waals surface area contributed by atoms with Crippen LogP contribution in [0.2, 0.25) is 0 Å². The first-order chi connectivity index (χ1) is 16.1. The maximum absolute atomic E-state index is 13.1. The quantitative estimate of drug-likeness (QED) is 0.616. The first kappa shape index (κ1) is 23.2. The molecule has 1 saturated heterocycles. The molecule has 2 aliphatic rings. The van der Waals surface area contributed by atoms with Gasteiger partial charge in [-0.2, -0.15) is 0 Å². The Kier molecular flexibility index (Phi) is 7.55. The van der Waals surface area contributed by atoms with E-state index in [4.69, 9.17) is 14.2 Å². The molecular formula is C27H34N2O4. The minimum Gasteiger partial charge on any atom is -0.496 e. The molecule has 0 saturated carbocycles. The van der Waals surface area contributed by atoms with Crippen LogP contribution in [-0.2, 0) is 6.54 Å². The van der Waals surface area contributed by atoms with Crippen molar-refractivity contribution in [1.82, 2.24) is 9.80 Å². The van der Waals surface area contributed by atoms with Crippen molar-refractivity contribution in [2.75, 3.05) is 47.5 Å². The summed E-state index contributed by atoms with van der Waals surface area (Å²) in [6, 6.07) is 11.9. The van der Waals surface area contributed by atoms with E-state index < -0.39 is 0 Å². The summed E-state index contributed by atoms with van der Waals surface area (Å²) in [7, 11) is 4.91. The summed E-state index contributed by atoms with van der Waals surface area (Å²) in [6.45, 7) is 4.52.